The Morgan fingerprint density at radius 2 is 1.79 bits per heavy atom. The highest BCUT2D eigenvalue weighted by molar-refractivity contribution is 5.92. The van der Waals surface area contributed by atoms with Crippen LogP contribution in [0.25, 0.3) is 0 Å². The molecule has 6 nitrogen and oxygen atoms in total. The Morgan fingerprint density at radius 3 is 2.39 bits per heavy atom. The van der Waals surface area contributed by atoms with E-state index in [1.54, 1.807) is 31.2 Å². The van der Waals surface area contributed by atoms with Crippen LogP contribution in [0.4, 0.5) is 5.69 Å². The Morgan fingerprint density at radius 1 is 1.11 bits per heavy atom. The first kappa shape index (κ1) is 19.6. The van der Waals surface area contributed by atoms with E-state index in [0.29, 0.717) is 36.2 Å². The Hall–Kier alpha value is -3.15. The molecule has 1 fully saturated rings. The summed E-state index contributed by atoms with van der Waals surface area (Å²) in [6.07, 6.45) is 1.75. The lowest BCUT2D eigenvalue weighted by molar-refractivity contribution is -0.128. The summed E-state index contributed by atoms with van der Waals surface area (Å²) in [6, 6.07) is 12.9. The summed E-state index contributed by atoms with van der Waals surface area (Å²) in [5, 5.41) is 2.72. The standard InChI is InChI=1S/C22H25N3O3/c1-15(2)22(27)25-13-11-17(12-14-25)20-5-4-6-21(24-20)28-19-9-7-18(8-10-19)23-16(3)26/h4-10,17H,1,11-14H2,2-3H3,(H,23,26). The van der Waals surface area contributed by atoms with Gasteiger partial charge in [-0.1, -0.05) is 12.6 Å². The lowest BCUT2D eigenvalue weighted by atomic mass is 9.93. The molecule has 2 heterocycles. The van der Waals surface area contributed by atoms with Crippen LogP contribution in [0.5, 0.6) is 11.6 Å². The quantitative estimate of drug-likeness (QED) is 0.794. The molecule has 1 saturated heterocycles. The zero-order chi connectivity index (χ0) is 20.1. The van der Waals surface area contributed by atoms with Crippen LogP contribution in [0, 0.1) is 0 Å². The van der Waals surface area contributed by atoms with Crippen molar-refractivity contribution in [1.29, 1.82) is 0 Å². The second-order valence-electron chi connectivity index (χ2n) is 7.06. The van der Waals surface area contributed by atoms with E-state index in [-0.39, 0.29) is 11.8 Å². The molecular formula is C22H25N3O3. The molecule has 6 heteroatoms. The van der Waals surface area contributed by atoms with Gasteiger partial charge in [0.05, 0.1) is 0 Å². The van der Waals surface area contributed by atoms with Gasteiger partial charge in [-0.15, -0.1) is 0 Å². The number of rotatable bonds is 5. The number of benzene rings is 1. The van der Waals surface area contributed by atoms with Crippen molar-refractivity contribution in [1.82, 2.24) is 9.88 Å². The SMILES string of the molecule is C=C(C)C(=O)N1CCC(c2cccc(Oc3ccc(NC(C)=O)cc3)n2)CC1. The molecule has 146 valence electrons. The van der Waals surface area contributed by atoms with Crippen molar-refractivity contribution in [2.75, 3.05) is 18.4 Å². The van der Waals surface area contributed by atoms with E-state index in [0.717, 1.165) is 24.2 Å². The molecule has 1 N–H and O–H groups in total. The maximum atomic E-state index is 12.0. The first-order valence-corrected chi connectivity index (χ1v) is 9.39. The number of carbonyl (C=O) groups is 2. The van der Waals surface area contributed by atoms with Crippen molar-refractivity contribution in [2.24, 2.45) is 0 Å². The third kappa shape index (κ3) is 4.97. The summed E-state index contributed by atoms with van der Waals surface area (Å²) < 4.78 is 5.86. The maximum Gasteiger partial charge on any atom is 0.248 e. The molecule has 1 aromatic carbocycles. The van der Waals surface area contributed by atoms with Gasteiger partial charge in [0.15, 0.2) is 0 Å². The van der Waals surface area contributed by atoms with E-state index >= 15 is 0 Å². The van der Waals surface area contributed by atoms with Gasteiger partial charge in [0.1, 0.15) is 5.75 Å². The van der Waals surface area contributed by atoms with Crippen molar-refractivity contribution in [2.45, 2.75) is 32.6 Å². The molecule has 1 aliphatic heterocycles. The Labute approximate surface area is 165 Å². The lowest BCUT2D eigenvalue weighted by Crippen LogP contribution is -2.38. The number of nitrogens with zero attached hydrogens (tertiary/aromatic N) is 2. The second-order valence-corrected chi connectivity index (χ2v) is 7.06. The Kier molecular flexibility index (Phi) is 6.09. The zero-order valence-corrected chi connectivity index (χ0v) is 16.3. The first-order chi connectivity index (χ1) is 13.4. The topological polar surface area (TPSA) is 71.5 Å². The average molecular weight is 379 g/mol. The fourth-order valence-electron chi connectivity index (χ4n) is 3.29. The number of pyridine rings is 1. The van der Waals surface area contributed by atoms with E-state index in [1.165, 1.54) is 6.92 Å². The van der Waals surface area contributed by atoms with Crippen LogP contribution in [0.15, 0.2) is 54.6 Å². The van der Waals surface area contributed by atoms with Crippen LogP contribution in [-0.4, -0.2) is 34.8 Å². The molecule has 0 aliphatic carbocycles. The molecule has 0 spiro atoms. The van der Waals surface area contributed by atoms with Crippen molar-refractivity contribution < 1.29 is 14.3 Å². The number of aromatic nitrogens is 1. The number of anilines is 1. The van der Waals surface area contributed by atoms with Crippen molar-refractivity contribution in [3.63, 3.8) is 0 Å². The summed E-state index contributed by atoms with van der Waals surface area (Å²) in [5.41, 5.74) is 2.28. The highest BCUT2D eigenvalue weighted by Gasteiger charge is 2.25. The molecule has 0 bridgehead atoms. The monoisotopic (exact) mass is 379 g/mol. The van der Waals surface area contributed by atoms with Gasteiger partial charge in [0, 0.05) is 49.0 Å². The van der Waals surface area contributed by atoms with E-state index in [1.807, 2.05) is 23.1 Å². The highest BCUT2D eigenvalue weighted by atomic mass is 16.5. The summed E-state index contributed by atoms with van der Waals surface area (Å²) in [6.45, 7) is 8.39. The van der Waals surface area contributed by atoms with E-state index < -0.39 is 0 Å². The fourth-order valence-corrected chi connectivity index (χ4v) is 3.29. The van der Waals surface area contributed by atoms with Crippen LogP contribution in [-0.2, 0) is 9.59 Å². The summed E-state index contributed by atoms with van der Waals surface area (Å²) >= 11 is 0. The van der Waals surface area contributed by atoms with Crippen LogP contribution in [0.1, 0.15) is 38.3 Å². The smallest absolute Gasteiger partial charge is 0.248 e. The normalized spacial score (nSPS) is 14.4. The lowest BCUT2D eigenvalue weighted by Gasteiger charge is -2.32. The molecule has 0 saturated carbocycles. The molecule has 3 rings (SSSR count). The molecule has 1 aliphatic rings. The third-order valence-corrected chi connectivity index (χ3v) is 4.71. The predicted molar refractivity (Wildman–Crippen MR) is 108 cm³/mol. The van der Waals surface area contributed by atoms with Crippen LogP contribution >= 0.6 is 0 Å². The Bertz CT molecular complexity index is 869. The van der Waals surface area contributed by atoms with Gasteiger partial charge in [0.25, 0.3) is 0 Å². The van der Waals surface area contributed by atoms with Gasteiger partial charge in [-0.05, 0) is 50.1 Å². The third-order valence-electron chi connectivity index (χ3n) is 4.71. The Balaban J connectivity index is 1.62. The van der Waals surface area contributed by atoms with Crippen molar-refractivity contribution >= 4 is 17.5 Å². The second kappa shape index (κ2) is 8.69. The summed E-state index contributed by atoms with van der Waals surface area (Å²) in [4.78, 5) is 29.6. The number of likely N-dealkylation sites (tertiary alicyclic amines) is 1. The van der Waals surface area contributed by atoms with Gasteiger partial charge in [-0.25, -0.2) is 4.98 Å². The summed E-state index contributed by atoms with van der Waals surface area (Å²) in [7, 11) is 0. The number of amides is 2. The molecule has 0 atom stereocenters. The van der Waals surface area contributed by atoms with E-state index in [4.69, 9.17) is 4.74 Å². The molecule has 2 aromatic rings. The largest absolute Gasteiger partial charge is 0.439 e. The minimum atomic E-state index is -0.112. The van der Waals surface area contributed by atoms with Crippen molar-refractivity contribution in [3.05, 3.63) is 60.3 Å². The minimum absolute atomic E-state index is 0.0335. The van der Waals surface area contributed by atoms with Gasteiger partial charge >= 0.3 is 0 Å². The van der Waals surface area contributed by atoms with Crippen LogP contribution in [0.2, 0.25) is 0 Å². The number of carbonyl (C=O) groups excluding carboxylic acids is 2. The number of nitrogens with one attached hydrogen (secondary N) is 1. The van der Waals surface area contributed by atoms with Gasteiger partial charge in [0.2, 0.25) is 17.7 Å². The summed E-state index contributed by atoms with van der Waals surface area (Å²) in [5.74, 6) is 1.41. The molecule has 2 amide bonds. The zero-order valence-electron chi connectivity index (χ0n) is 16.3. The average Bonchev–Trinajstić information content (AvgIpc) is 2.69. The number of piperidine rings is 1. The fraction of sp³-hybridized carbons (Fsp3) is 0.318. The van der Waals surface area contributed by atoms with Gasteiger partial charge in [-0.2, -0.15) is 0 Å². The van der Waals surface area contributed by atoms with Crippen molar-refractivity contribution in [3.8, 4) is 11.6 Å². The first-order valence-electron chi connectivity index (χ1n) is 9.39. The number of ether oxygens (including phenoxy) is 1. The molecule has 0 unspecified atom stereocenters. The minimum Gasteiger partial charge on any atom is -0.439 e. The highest BCUT2D eigenvalue weighted by Crippen LogP contribution is 2.29. The molecule has 0 radical (unpaired) electrons. The van der Waals surface area contributed by atoms with Crippen LogP contribution in [0.3, 0.4) is 0 Å². The van der Waals surface area contributed by atoms with Crippen LogP contribution < -0.4 is 10.1 Å². The predicted octanol–water partition coefficient (Wildman–Crippen LogP) is 4.11. The van der Waals surface area contributed by atoms with E-state index in [9.17, 15) is 9.59 Å². The van der Waals surface area contributed by atoms with Gasteiger partial charge < -0.3 is 15.0 Å². The van der Waals surface area contributed by atoms with E-state index in [2.05, 4.69) is 16.9 Å². The maximum absolute atomic E-state index is 12.0. The molecule has 1 aromatic heterocycles. The number of hydrogen-bond acceptors (Lipinski definition) is 4. The molecule has 28 heavy (non-hydrogen) atoms. The molecular weight excluding hydrogens is 354 g/mol. The van der Waals surface area contributed by atoms with Gasteiger partial charge in [-0.3, -0.25) is 9.59 Å². The number of hydrogen-bond donors (Lipinski definition) is 1.